The lowest BCUT2D eigenvalue weighted by Crippen LogP contribution is -2.21. The maximum absolute atomic E-state index is 12.6. The highest BCUT2D eigenvalue weighted by molar-refractivity contribution is 6.09. The number of hydrogen-bond acceptors (Lipinski definition) is 4. The van der Waals surface area contributed by atoms with Crippen LogP contribution < -0.4 is 20.1 Å². The molecule has 0 aliphatic carbocycles. The molecule has 0 unspecified atom stereocenters. The number of methoxy groups -OCH3 is 2. The number of rotatable bonds is 5. The van der Waals surface area contributed by atoms with E-state index in [2.05, 4.69) is 10.6 Å². The molecule has 0 aliphatic heterocycles. The number of benzene rings is 2. The summed E-state index contributed by atoms with van der Waals surface area (Å²) in [5, 5.41) is 5.33. The van der Waals surface area contributed by atoms with Gasteiger partial charge in [0.2, 0.25) is 0 Å². The second-order valence-corrected chi connectivity index (χ2v) is 5.10. The minimum atomic E-state index is -0.329. The number of aryl methyl sites for hydroxylation is 1. The van der Waals surface area contributed by atoms with E-state index in [-0.39, 0.29) is 11.8 Å². The van der Waals surface area contributed by atoms with E-state index < -0.39 is 0 Å². The fourth-order valence-corrected chi connectivity index (χ4v) is 2.34. The molecule has 0 saturated carbocycles. The van der Waals surface area contributed by atoms with Crippen LogP contribution in [-0.4, -0.2) is 33.1 Å². The number of nitrogens with one attached hydrogen (secondary N) is 2. The highest BCUT2D eigenvalue weighted by Crippen LogP contribution is 2.30. The molecule has 2 amide bonds. The Morgan fingerprint density at radius 2 is 1.54 bits per heavy atom. The van der Waals surface area contributed by atoms with E-state index in [1.807, 2.05) is 6.92 Å². The summed E-state index contributed by atoms with van der Waals surface area (Å²) < 4.78 is 10.5. The van der Waals surface area contributed by atoms with Crippen LogP contribution in [0.4, 0.5) is 5.69 Å². The van der Waals surface area contributed by atoms with Gasteiger partial charge < -0.3 is 20.1 Å². The quantitative estimate of drug-likeness (QED) is 0.884. The molecule has 2 rings (SSSR count). The van der Waals surface area contributed by atoms with E-state index >= 15 is 0 Å². The maximum Gasteiger partial charge on any atom is 0.256 e. The van der Waals surface area contributed by atoms with Gasteiger partial charge in [-0.2, -0.15) is 0 Å². The molecule has 0 aromatic heterocycles. The number of hydrogen-bond donors (Lipinski definition) is 2. The molecular weight excluding hydrogens is 308 g/mol. The van der Waals surface area contributed by atoms with E-state index in [1.165, 1.54) is 14.2 Å². The first kappa shape index (κ1) is 17.3. The van der Waals surface area contributed by atoms with Crippen LogP contribution in [0.2, 0.25) is 0 Å². The average Bonchev–Trinajstić information content (AvgIpc) is 2.61. The van der Waals surface area contributed by atoms with Gasteiger partial charge in [-0.05, 0) is 36.8 Å². The Morgan fingerprint density at radius 1 is 0.917 bits per heavy atom. The Bertz CT molecular complexity index is 772. The van der Waals surface area contributed by atoms with Gasteiger partial charge in [-0.25, -0.2) is 0 Å². The zero-order valence-corrected chi connectivity index (χ0v) is 14.1. The van der Waals surface area contributed by atoms with E-state index in [0.717, 1.165) is 5.56 Å². The van der Waals surface area contributed by atoms with Gasteiger partial charge in [0.15, 0.2) is 11.5 Å². The van der Waals surface area contributed by atoms with Crippen LogP contribution in [0, 0.1) is 6.92 Å². The van der Waals surface area contributed by atoms with Gasteiger partial charge in [0.1, 0.15) is 0 Å². The van der Waals surface area contributed by atoms with Crippen LogP contribution in [0.3, 0.4) is 0 Å². The molecule has 24 heavy (non-hydrogen) atoms. The number of para-hydroxylation sites is 1. The first-order valence-corrected chi connectivity index (χ1v) is 7.37. The lowest BCUT2D eigenvalue weighted by molar-refractivity contribution is 0.0964. The summed E-state index contributed by atoms with van der Waals surface area (Å²) in [5.41, 5.74) is 2.02. The van der Waals surface area contributed by atoms with Crippen LogP contribution >= 0.6 is 0 Å². The van der Waals surface area contributed by atoms with Gasteiger partial charge in [-0.15, -0.1) is 0 Å². The van der Waals surface area contributed by atoms with Crippen molar-refractivity contribution in [2.24, 2.45) is 0 Å². The molecule has 0 fully saturated rings. The Labute approximate surface area is 140 Å². The summed E-state index contributed by atoms with van der Waals surface area (Å²) >= 11 is 0. The summed E-state index contributed by atoms with van der Waals surface area (Å²) in [6.07, 6.45) is 0. The maximum atomic E-state index is 12.6. The standard InChI is InChI=1S/C18H20N2O4/c1-11-9-15(23-3)16(24-4)10-13(11)18(22)20-14-8-6-5-7-12(14)17(21)19-2/h5-10H,1-4H3,(H,19,21)(H,20,22). The SMILES string of the molecule is CNC(=O)c1ccccc1NC(=O)c1cc(OC)c(OC)cc1C. The molecule has 6 nitrogen and oxygen atoms in total. The van der Waals surface area contributed by atoms with Crippen LogP contribution in [0.25, 0.3) is 0 Å². The molecule has 0 heterocycles. The highest BCUT2D eigenvalue weighted by atomic mass is 16.5. The lowest BCUT2D eigenvalue weighted by atomic mass is 10.1. The van der Waals surface area contributed by atoms with Gasteiger partial charge >= 0.3 is 0 Å². The van der Waals surface area contributed by atoms with Crippen molar-refractivity contribution in [3.05, 3.63) is 53.1 Å². The molecule has 126 valence electrons. The van der Waals surface area contributed by atoms with Crippen molar-refractivity contribution in [2.45, 2.75) is 6.92 Å². The molecular formula is C18H20N2O4. The number of ether oxygens (including phenoxy) is 2. The second kappa shape index (κ2) is 7.50. The predicted molar refractivity (Wildman–Crippen MR) is 92.1 cm³/mol. The lowest BCUT2D eigenvalue weighted by Gasteiger charge is -2.14. The van der Waals surface area contributed by atoms with Crippen molar-refractivity contribution in [2.75, 3.05) is 26.6 Å². The number of anilines is 1. The van der Waals surface area contributed by atoms with Gasteiger partial charge in [0, 0.05) is 12.6 Å². The van der Waals surface area contributed by atoms with Crippen molar-refractivity contribution >= 4 is 17.5 Å². The van der Waals surface area contributed by atoms with E-state index in [1.54, 1.807) is 43.4 Å². The third kappa shape index (κ3) is 3.48. The van der Waals surface area contributed by atoms with Crippen molar-refractivity contribution in [3.63, 3.8) is 0 Å². The molecule has 0 atom stereocenters. The Morgan fingerprint density at radius 3 is 2.17 bits per heavy atom. The zero-order chi connectivity index (χ0) is 17.7. The molecule has 0 bridgehead atoms. The number of carbonyl (C=O) groups is 2. The summed E-state index contributed by atoms with van der Waals surface area (Å²) in [6.45, 7) is 1.81. The first-order chi connectivity index (χ1) is 11.5. The topological polar surface area (TPSA) is 76.7 Å². The Kier molecular flexibility index (Phi) is 5.42. The molecule has 0 spiro atoms. The van der Waals surface area contributed by atoms with Crippen LogP contribution in [0.5, 0.6) is 11.5 Å². The highest BCUT2D eigenvalue weighted by Gasteiger charge is 2.17. The van der Waals surface area contributed by atoms with E-state index in [0.29, 0.717) is 28.3 Å². The minimum Gasteiger partial charge on any atom is -0.493 e. The predicted octanol–water partition coefficient (Wildman–Crippen LogP) is 2.62. The molecule has 2 N–H and O–H groups in total. The molecule has 2 aromatic carbocycles. The normalized spacial score (nSPS) is 10.0. The summed E-state index contributed by atoms with van der Waals surface area (Å²) in [5.74, 6) is 0.421. The summed E-state index contributed by atoms with van der Waals surface area (Å²) in [4.78, 5) is 24.5. The third-order valence-electron chi connectivity index (χ3n) is 3.62. The van der Waals surface area contributed by atoms with E-state index in [4.69, 9.17) is 9.47 Å². The average molecular weight is 328 g/mol. The molecule has 6 heteroatoms. The Balaban J connectivity index is 2.36. The van der Waals surface area contributed by atoms with Crippen LogP contribution in [-0.2, 0) is 0 Å². The van der Waals surface area contributed by atoms with Gasteiger partial charge in [-0.3, -0.25) is 9.59 Å². The number of amides is 2. The van der Waals surface area contributed by atoms with Crippen LogP contribution in [0.1, 0.15) is 26.3 Å². The van der Waals surface area contributed by atoms with Crippen molar-refractivity contribution in [1.82, 2.24) is 5.32 Å². The summed E-state index contributed by atoms with van der Waals surface area (Å²) in [6, 6.07) is 10.2. The van der Waals surface area contributed by atoms with Crippen molar-refractivity contribution in [3.8, 4) is 11.5 Å². The molecule has 0 saturated heterocycles. The van der Waals surface area contributed by atoms with Crippen LogP contribution in [0.15, 0.2) is 36.4 Å². The molecule has 0 radical (unpaired) electrons. The van der Waals surface area contributed by atoms with Crippen molar-refractivity contribution < 1.29 is 19.1 Å². The first-order valence-electron chi connectivity index (χ1n) is 7.37. The smallest absolute Gasteiger partial charge is 0.256 e. The van der Waals surface area contributed by atoms with Gasteiger partial charge in [0.25, 0.3) is 11.8 Å². The molecule has 0 aliphatic rings. The fourth-order valence-electron chi connectivity index (χ4n) is 2.34. The summed E-state index contributed by atoms with van der Waals surface area (Å²) in [7, 11) is 4.59. The minimum absolute atomic E-state index is 0.269. The molecule has 2 aromatic rings. The van der Waals surface area contributed by atoms with Gasteiger partial charge in [-0.1, -0.05) is 12.1 Å². The number of carbonyl (C=O) groups excluding carboxylic acids is 2. The van der Waals surface area contributed by atoms with Gasteiger partial charge in [0.05, 0.1) is 25.5 Å². The van der Waals surface area contributed by atoms with Crippen molar-refractivity contribution in [1.29, 1.82) is 0 Å². The fraction of sp³-hybridized carbons (Fsp3) is 0.222. The largest absolute Gasteiger partial charge is 0.493 e. The van der Waals surface area contributed by atoms with E-state index in [9.17, 15) is 9.59 Å². The monoisotopic (exact) mass is 328 g/mol. The second-order valence-electron chi connectivity index (χ2n) is 5.10. The Hall–Kier alpha value is -3.02. The third-order valence-corrected chi connectivity index (χ3v) is 3.62. The zero-order valence-electron chi connectivity index (χ0n) is 14.1.